The zero-order valence-electron chi connectivity index (χ0n) is 21.0. The average Bonchev–Trinajstić information content (AvgIpc) is 3.42. The van der Waals surface area contributed by atoms with Crippen LogP contribution in [0.1, 0.15) is 21.5 Å². The van der Waals surface area contributed by atoms with E-state index in [2.05, 4.69) is 21.7 Å². The number of rotatable bonds is 8. The first-order valence-electron chi connectivity index (χ1n) is 12.5. The van der Waals surface area contributed by atoms with Gasteiger partial charge in [-0.15, -0.1) is 11.8 Å². The van der Waals surface area contributed by atoms with Crippen LogP contribution >= 0.6 is 11.8 Å². The molecule has 0 saturated heterocycles. The summed E-state index contributed by atoms with van der Waals surface area (Å²) in [5.41, 5.74) is 3.97. The summed E-state index contributed by atoms with van der Waals surface area (Å²) in [6, 6.07) is 27.5. The largest absolute Gasteiger partial charge is 0.321 e. The molecular weight excluding hydrogens is 508 g/mol. The second kappa shape index (κ2) is 12.2. The lowest BCUT2D eigenvalue weighted by atomic mass is 10.2. The lowest BCUT2D eigenvalue weighted by Gasteiger charge is -2.17. The molecule has 1 aromatic heterocycles. The topological polar surface area (TPSA) is 91.4 Å². The minimum atomic E-state index is -0.466. The molecule has 3 aromatic carbocycles. The highest BCUT2D eigenvalue weighted by atomic mass is 32.2. The first kappa shape index (κ1) is 25.9. The van der Waals surface area contributed by atoms with Crippen molar-refractivity contribution in [3.8, 4) is 0 Å². The van der Waals surface area contributed by atoms with Gasteiger partial charge in [-0.25, -0.2) is 0 Å². The molecule has 0 saturated carbocycles. The number of carbonyl (C=O) groups is 3. The first-order valence-corrected chi connectivity index (χ1v) is 13.5. The Morgan fingerprint density at radius 2 is 1.67 bits per heavy atom. The molecule has 5 rings (SSSR count). The predicted molar refractivity (Wildman–Crippen MR) is 154 cm³/mol. The maximum Gasteiger partial charge on any atom is 0.272 e. The number of amides is 3. The van der Waals surface area contributed by atoms with Gasteiger partial charge < -0.3 is 15.5 Å². The summed E-state index contributed by atoms with van der Waals surface area (Å²) in [4.78, 5) is 45.6. The Balaban J connectivity index is 1.22. The number of hydrogen-bond donors (Lipinski definition) is 2. The highest BCUT2D eigenvalue weighted by molar-refractivity contribution is 8.00. The smallest absolute Gasteiger partial charge is 0.272 e. The second-order valence-corrected chi connectivity index (χ2v) is 9.90. The third-order valence-corrected chi connectivity index (χ3v) is 7.18. The number of hydrogen-bond acceptors (Lipinski definition) is 5. The Bertz CT molecular complexity index is 1510. The maximum absolute atomic E-state index is 13.2. The van der Waals surface area contributed by atoms with E-state index in [9.17, 15) is 14.4 Å². The monoisotopic (exact) mass is 534 g/mol. The minimum absolute atomic E-state index is 0.0710. The molecule has 2 N–H and O–H groups in total. The van der Waals surface area contributed by atoms with Gasteiger partial charge in [0.15, 0.2) is 0 Å². The molecule has 1 aliphatic rings. The fourth-order valence-electron chi connectivity index (χ4n) is 4.22. The van der Waals surface area contributed by atoms with E-state index in [1.807, 2.05) is 41.3 Å². The van der Waals surface area contributed by atoms with E-state index in [0.29, 0.717) is 29.1 Å². The first-order chi connectivity index (χ1) is 19.1. The molecule has 7 nitrogen and oxygen atoms in total. The average molecular weight is 535 g/mol. The van der Waals surface area contributed by atoms with Crippen LogP contribution in [-0.4, -0.2) is 35.0 Å². The SMILES string of the molecule is O=C(Nc1ccc(SCC(=O)N2CCc3ccccc32)cc1)/C(=C/c1cccnc1)NC(=O)c1ccccc1. The highest BCUT2D eigenvalue weighted by Gasteiger charge is 2.24. The van der Waals surface area contributed by atoms with Crippen molar-refractivity contribution in [1.82, 2.24) is 10.3 Å². The molecular formula is C31H26N4O3S. The molecule has 0 fully saturated rings. The molecule has 0 atom stereocenters. The number of fused-ring (bicyclic) bond motifs is 1. The van der Waals surface area contributed by atoms with Crippen molar-refractivity contribution in [3.05, 3.63) is 126 Å². The molecule has 2 heterocycles. The number of benzene rings is 3. The van der Waals surface area contributed by atoms with Crippen molar-refractivity contribution in [2.45, 2.75) is 11.3 Å². The van der Waals surface area contributed by atoms with E-state index in [-0.39, 0.29) is 11.6 Å². The Morgan fingerprint density at radius 3 is 2.44 bits per heavy atom. The Labute approximate surface area is 231 Å². The summed E-state index contributed by atoms with van der Waals surface area (Å²) in [6.45, 7) is 0.708. The van der Waals surface area contributed by atoms with Crippen LogP contribution in [0.25, 0.3) is 6.08 Å². The number of aromatic nitrogens is 1. The number of anilines is 2. The van der Waals surface area contributed by atoms with Gasteiger partial charge in [-0.2, -0.15) is 0 Å². The lowest BCUT2D eigenvalue weighted by Crippen LogP contribution is -2.30. The van der Waals surface area contributed by atoms with Gasteiger partial charge in [0.05, 0.1) is 5.75 Å². The van der Waals surface area contributed by atoms with Gasteiger partial charge >= 0.3 is 0 Å². The van der Waals surface area contributed by atoms with Crippen LogP contribution in [0.3, 0.4) is 0 Å². The van der Waals surface area contributed by atoms with E-state index in [0.717, 1.165) is 17.0 Å². The number of nitrogens with one attached hydrogen (secondary N) is 2. The number of pyridine rings is 1. The van der Waals surface area contributed by atoms with Gasteiger partial charge in [0.1, 0.15) is 5.70 Å². The molecule has 8 heteroatoms. The summed E-state index contributed by atoms with van der Waals surface area (Å²) in [6.07, 6.45) is 5.70. The van der Waals surface area contributed by atoms with Gasteiger partial charge in [0.2, 0.25) is 5.91 Å². The summed E-state index contributed by atoms with van der Waals surface area (Å²) >= 11 is 1.45. The fraction of sp³-hybridized carbons (Fsp3) is 0.0968. The van der Waals surface area contributed by atoms with Crippen LogP contribution in [0.15, 0.2) is 114 Å². The van der Waals surface area contributed by atoms with Crippen LogP contribution in [0.5, 0.6) is 0 Å². The Morgan fingerprint density at radius 1 is 0.897 bits per heavy atom. The van der Waals surface area contributed by atoms with Crippen LogP contribution in [0, 0.1) is 0 Å². The molecule has 194 valence electrons. The molecule has 39 heavy (non-hydrogen) atoms. The molecule has 0 unspecified atom stereocenters. The molecule has 3 amide bonds. The third kappa shape index (κ3) is 6.61. The van der Waals surface area contributed by atoms with E-state index < -0.39 is 11.8 Å². The number of nitrogens with zero attached hydrogens (tertiary/aromatic N) is 2. The second-order valence-electron chi connectivity index (χ2n) is 8.86. The van der Waals surface area contributed by atoms with Gasteiger partial charge in [0.25, 0.3) is 11.8 Å². The zero-order valence-corrected chi connectivity index (χ0v) is 21.9. The maximum atomic E-state index is 13.2. The molecule has 0 aliphatic carbocycles. The predicted octanol–water partition coefficient (Wildman–Crippen LogP) is 5.17. The summed E-state index contributed by atoms with van der Waals surface area (Å²) in [5.74, 6) is -0.463. The van der Waals surface area contributed by atoms with Crippen molar-refractivity contribution < 1.29 is 14.4 Å². The molecule has 0 radical (unpaired) electrons. The van der Waals surface area contributed by atoms with Crippen molar-refractivity contribution in [2.75, 3.05) is 22.5 Å². The normalized spacial score (nSPS) is 12.5. The Hall–Kier alpha value is -4.69. The van der Waals surface area contributed by atoms with Crippen molar-refractivity contribution >= 4 is 46.9 Å². The van der Waals surface area contributed by atoms with E-state index >= 15 is 0 Å². The lowest BCUT2D eigenvalue weighted by molar-refractivity contribution is -0.116. The van der Waals surface area contributed by atoms with Crippen LogP contribution in [-0.2, 0) is 16.0 Å². The highest BCUT2D eigenvalue weighted by Crippen LogP contribution is 2.29. The van der Waals surface area contributed by atoms with E-state index in [1.54, 1.807) is 67.0 Å². The molecule has 1 aliphatic heterocycles. The van der Waals surface area contributed by atoms with E-state index in [4.69, 9.17) is 0 Å². The van der Waals surface area contributed by atoms with Crippen LogP contribution < -0.4 is 15.5 Å². The summed E-state index contributed by atoms with van der Waals surface area (Å²) in [5, 5.41) is 5.56. The minimum Gasteiger partial charge on any atom is -0.321 e. The van der Waals surface area contributed by atoms with Gasteiger partial charge in [-0.3, -0.25) is 19.4 Å². The van der Waals surface area contributed by atoms with Crippen molar-refractivity contribution in [3.63, 3.8) is 0 Å². The zero-order chi connectivity index (χ0) is 27.0. The Kier molecular flexibility index (Phi) is 8.14. The van der Waals surface area contributed by atoms with E-state index in [1.165, 1.54) is 17.3 Å². The van der Waals surface area contributed by atoms with Gasteiger partial charge in [-0.1, -0.05) is 42.5 Å². The van der Waals surface area contributed by atoms with Gasteiger partial charge in [-0.05, 0) is 72.2 Å². The fourth-order valence-corrected chi connectivity index (χ4v) is 5.00. The van der Waals surface area contributed by atoms with Gasteiger partial charge in [0, 0.05) is 40.8 Å². The summed E-state index contributed by atoms with van der Waals surface area (Å²) in [7, 11) is 0. The third-order valence-electron chi connectivity index (χ3n) is 6.19. The van der Waals surface area contributed by atoms with Crippen molar-refractivity contribution in [2.24, 2.45) is 0 Å². The quantitative estimate of drug-likeness (QED) is 0.240. The molecule has 4 aromatic rings. The summed E-state index contributed by atoms with van der Waals surface area (Å²) < 4.78 is 0. The van der Waals surface area contributed by atoms with Crippen LogP contribution in [0.2, 0.25) is 0 Å². The van der Waals surface area contributed by atoms with Crippen molar-refractivity contribution in [1.29, 1.82) is 0 Å². The molecule has 0 bridgehead atoms. The van der Waals surface area contributed by atoms with Crippen LogP contribution in [0.4, 0.5) is 11.4 Å². The number of thioether (sulfide) groups is 1. The number of carbonyl (C=O) groups excluding carboxylic acids is 3. The number of para-hydroxylation sites is 1. The standard InChI is InChI=1S/C31H26N4O3S/c36-29(35-18-16-23-8-4-5-11-28(23)35)21-39-26-14-12-25(13-15-26)33-31(38)27(19-22-7-6-17-32-20-22)34-30(37)24-9-2-1-3-10-24/h1-15,17,19-20H,16,18,21H2,(H,33,38)(H,34,37)/b27-19-. The molecule has 0 spiro atoms.